The summed E-state index contributed by atoms with van der Waals surface area (Å²) in [5.41, 5.74) is 0.998. The van der Waals surface area contributed by atoms with Gasteiger partial charge in [-0.1, -0.05) is 0 Å². The highest BCUT2D eigenvalue weighted by Crippen LogP contribution is 2.29. The van der Waals surface area contributed by atoms with E-state index in [2.05, 4.69) is 10.1 Å². The maximum absolute atomic E-state index is 12.8. The van der Waals surface area contributed by atoms with Crippen LogP contribution >= 0.6 is 0 Å². The van der Waals surface area contributed by atoms with Gasteiger partial charge in [-0.25, -0.2) is 9.80 Å². The van der Waals surface area contributed by atoms with E-state index in [4.69, 9.17) is 4.74 Å². The summed E-state index contributed by atoms with van der Waals surface area (Å²) < 4.78 is 9.64. The smallest absolute Gasteiger partial charge is 0.332 e. The summed E-state index contributed by atoms with van der Waals surface area (Å²) in [5.74, 6) is 0.557. The molecule has 0 radical (unpaired) electrons. The number of methoxy groups -OCH3 is 1. The Bertz CT molecular complexity index is 935. The Morgan fingerprint density at radius 2 is 2.00 bits per heavy atom. The van der Waals surface area contributed by atoms with E-state index in [1.807, 2.05) is 18.4 Å². The molecule has 0 amide bonds. The Balaban J connectivity index is 2.36. The van der Waals surface area contributed by atoms with Crippen LogP contribution in [0.2, 0.25) is 0 Å². The van der Waals surface area contributed by atoms with E-state index in [0.29, 0.717) is 36.8 Å². The highest BCUT2D eigenvalue weighted by Gasteiger charge is 2.30. The van der Waals surface area contributed by atoms with Crippen LogP contribution in [0.1, 0.15) is 26.8 Å². The normalized spacial score (nSPS) is 17.3. The summed E-state index contributed by atoms with van der Waals surface area (Å²) in [6.07, 6.45) is 0. The Kier molecular flexibility index (Phi) is 4.04. The summed E-state index contributed by atoms with van der Waals surface area (Å²) in [7, 11) is 3.25. The molecule has 9 nitrogen and oxygen atoms in total. The number of fused-ring (bicyclic) bond motifs is 3. The molecule has 0 saturated carbocycles. The van der Waals surface area contributed by atoms with Gasteiger partial charge in [0.15, 0.2) is 11.2 Å². The SMILES string of the molecule is CCn1c(=O)c2c(nc3n2[C@@H](C)C(C)=NN3CCOC)n(C)c1=O. The van der Waals surface area contributed by atoms with Crippen molar-refractivity contribution in [2.45, 2.75) is 33.4 Å². The molecule has 0 bridgehead atoms. The number of anilines is 1. The molecule has 0 fully saturated rings. The Morgan fingerprint density at radius 1 is 1.29 bits per heavy atom. The lowest BCUT2D eigenvalue weighted by atomic mass is 10.2. The first-order chi connectivity index (χ1) is 11.4. The fourth-order valence-corrected chi connectivity index (χ4v) is 2.99. The summed E-state index contributed by atoms with van der Waals surface area (Å²) >= 11 is 0. The van der Waals surface area contributed by atoms with Gasteiger partial charge in [-0.3, -0.25) is 18.5 Å². The number of imidazole rings is 1. The lowest BCUT2D eigenvalue weighted by molar-refractivity contribution is 0.204. The third kappa shape index (κ3) is 2.19. The minimum atomic E-state index is -0.362. The van der Waals surface area contributed by atoms with Crippen molar-refractivity contribution in [2.24, 2.45) is 12.1 Å². The van der Waals surface area contributed by atoms with Crippen molar-refractivity contribution in [1.29, 1.82) is 0 Å². The molecule has 0 spiro atoms. The van der Waals surface area contributed by atoms with Gasteiger partial charge in [0.1, 0.15) is 0 Å². The minimum Gasteiger partial charge on any atom is -0.383 e. The molecule has 130 valence electrons. The highest BCUT2D eigenvalue weighted by molar-refractivity contribution is 5.91. The minimum absolute atomic E-state index is 0.112. The van der Waals surface area contributed by atoms with Crippen LogP contribution in [0.25, 0.3) is 11.2 Å². The first kappa shape index (κ1) is 16.4. The first-order valence-corrected chi connectivity index (χ1v) is 7.95. The van der Waals surface area contributed by atoms with E-state index in [1.165, 1.54) is 9.13 Å². The van der Waals surface area contributed by atoms with Crippen molar-refractivity contribution in [1.82, 2.24) is 18.7 Å². The average Bonchev–Trinajstić information content (AvgIpc) is 2.96. The zero-order valence-electron chi connectivity index (χ0n) is 14.6. The maximum atomic E-state index is 12.8. The zero-order valence-corrected chi connectivity index (χ0v) is 14.6. The largest absolute Gasteiger partial charge is 0.383 e. The van der Waals surface area contributed by atoms with Crippen LogP contribution < -0.4 is 16.3 Å². The van der Waals surface area contributed by atoms with Gasteiger partial charge < -0.3 is 4.74 Å². The lowest BCUT2D eigenvalue weighted by Gasteiger charge is -2.28. The molecule has 3 heterocycles. The van der Waals surface area contributed by atoms with E-state index >= 15 is 0 Å². The summed E-state index contributed by atoms with van der Waals surface area (Å²) in [6.45, 7) is 6.98. The molecule has 0 aliphatic carbocycles. The summed E-state index contributed by atoms with van der Waals surface area (Å²) in [5, 5.41) is 6.27. The van der Waals surface area contributed by atoms with Gasteiger partial charge in [0.25, 0.3) is 5.56 Å². The average molecular weight is 334 g/mol. The second kappa shape index (κ2) is 5.90. The molecule has 1 atom stereocenters. The summed E-state index contributed by atoms with van der Waals surface area (Å²) in [4.78, 5) is 29.8. The Morgan fingerprint density at radius 3 is 2.62 bits per heavy atom. The lowest BCUT2D eigenvalue weighted by Crippen LogP contribution is -2.40. The maximum Gasteiger partial charge on any atom is 0.332 e. The predicted molar refractivity (Wildman–Crippen MR) is 92.0 cm³/mol. The molecule has 9 heteroatoms. The zero-order chi connectivity index (χ0) is 17.6. The monoisotopic (exact) mass is 334 g/mol. The fraction of sp³-hybridized carbons (Fsp3) is 0.600. The molecule has 0 unspecified atom stereocenters. The van der Waals surface area contributed by atoms with Crippen LogP contribution in [0.15, 0.2) is 14.7 Å². The number of nitrogens with zero attached hydrogens (tertiary/aromatic N) is 6. The number of ether oxygens (including phenoxy) is 1. The topological polar surface area (TPSA) is 86.7 Å². The Hall–Kier alpha value is -2.42. The van der Waals surface area contributed by atoms with Crippen molar-refractivity contribution in [2.75, 3.05) is 25.3 Å². The van der Waals surface area contributed by atoms with Crippen molar-refractivity contribution in [3.05, 3.63) is 20.8 Å². The molecule has 3 rings (SSSR count). The molecule has 24 heavy (non-hydrogen) atoms. The third-order valence-electron chi connectivity index (χ3n) is 4.48. The second-order valence-corrected chi connectivity index (χ2v) is 5.88. The van der Waals surface area contributed by atoms with Crippen molar-refractivity contribution in [3.8, 4) is 0 Å². The van der Waals surface area contributed by atoms with Crippen LogP contribution in [0.4, 0.5) is 5.95 Å². The van der Waals surface area contributed by atoms with Crippen molar-refractivity contribution >= 4 is 22.8 Å². The molecule has 0 saturated heterocycles. The van der Waals surface area contributed by atoms with Gasteiger partial charge in [0.2, 0.25) is 5.95 Å². The molecule has 2 aromatic rings. The summed E-state index contributed by atoms with van der Waals surface area (Å²) in [6, 6.07) is -0.112. The van der Waals surface area contributed by atoms with Crippen molar-refractivity contribution < 1.29 is 4.74 Å². The molecular weight excluding hydrogens is 312 g/mol. The third-order valence-corrected chi connectivity index (χ3v) is 4.48. The van der Waals surface area contributed by atoms with E-state index in [0.717, 1.165) is 5.71 Å². The van der Waals surface area contributed by atoms with Crippen LogP contribution in [-0.4, -0.2) is 44.7 Å². The van der Waals surface area contributed by atoms with E-state index in [-0.39, 0.29) is 17.3 Å². The number of aryl methyl sites for hydroxylation is 1. The highest BCUT2D eigenvalue weighted by atomic mass is 16.5. The van der Waals surface area contributed by atoms with Gasteiger partial charge >= 0.3 is 5.69 Å². The first-order valence-electron chi connectivity index (χ1n) is 7.95. The van der Waals surface area contributed by atoms with Gasteiger partial charge in [0.05, 0.1) is 24.9 Å². The molecular formula is C15H22N6O3. The second-order valence-electron chi connectivity index (χ2n) is 5.88. The number of aromatic nitrogens is 4. The molecule has 1 aliphatic heterocycles. The molecule has 2 aromatic heterocycles. The van der Waals surface area contributed by atoms with Crippen LogP contribution in [0, 0.1) is 0 Å². The molecule has 0 N–H and O–H groups in total. The number of rotatable bonds is 4. The number of hydrogen-bond donors (Lipinski definition) is 0. The fourth-order valence-electron chi connectivity index (χ4n) is 2.99. The van der Waals surface area contributed by atoms with Gasteiger partial charge in [0, 0.05) is 20.7 Å². The molecule has 0 aromatic carbocycles. The van der Waals surface area contributed by atoms with Gasteiger partial charge in [-0.2, -0.15) is 10.1 Å². The van der Waals surface area contributed by atoms with E-state index < -0.39 is 0 Å². The number of hydrazone groups is 1. The van der Waals surface area contributed by atoms with E-state index in [9.17, 15) is 9.59 Å². The Labute approximate surface area is 138 Å². The quantitative estimate of drug-likeness (QED) is 0.804. The van der Waals surface area contributed by atoms with Gasteiger partial charge in [-0.05, 0) is 20.8 Å². The van der Waals surface area contributed by atoms with Crippen LogP contribution in [0.5, 0.6) is 0 Å². The van der Waals surface area contributed by atoms with Crippen LogP contribution in [0.3, 0.4) is 0 Å². The van der Waals surface area contributed by atoms with Crippen molar-refractivity contribution in [3.63, 3.8) is 0 Å². The van der Waals surface area contributed by atoms with Gasteiger partial charge in [-0.15, -0.1) is 0 Å². The van der Waals surface area contributed by atoms with Crippen LogP contribution in [-0.2, 0) is 18.3 Å². The molecule has 1 aliphatic rings. The predicted octanol–water partition coefficient (Wildman–Crippen LogP) is 0.320. The number of hydrogen-bond acceptors (Lipinski definition) is 6. The van der Waals surface area contributed by atoms with E-state index in [1.54, 1.807) is 26.1 Å². The standard InChI is InChI=1S/C15H22N6O3/c1-6-19-13(22)11-12(18(4)15(19)23)16-14-20(7-8-24-5)17-9(2)10(3)21(11)14/h10H,6-8H2,1-5H3/t10-/m0/s1.